The van der Waals surface area contributed by atoms with Gasteiger partial charge in [0.2, 0.25) is 0 Å². The van der Waals surface area contributed by atoms with Gasteiger partial charge in [-0.1, -0.05) is 42.5 Å². The molecule has 46 heavy (non-hydrogen) atoms. The Kier molecular flexibility index (Phi) is 8.35. The van der Waals surface area contributed by atoms with Crippen molar-refractivity contribution < 1.29 is 19.4 Å². The molecular formula is C34H25N5O6S. The fourth-order valence-electron chi connectivity index (χ4n) is 5.25. The van der Waals surface area contributed by atoms with Crippen molar-refractivity contribution in [3.63, 3.8) is 0 Å². The highest BCUT2D eigenvalue weighted by Gasteiger charge is 2.21. The molecule has 2 aromatic heterocycles. The molecule has 0 spiro atoms. The van der Waals surface area contributed by atoms with Crippen LogP contribution in [0.4, 0.5) is 22.7 Å². The zero-order chi connectivity index (χ0) is 32.2. The molecule has 0 aliphatic carbocycles. The summed E-state index contributed by atoms with van der Waals surface area (Å²) in [6.07, 6.45) is 2.89. The van der Waals surface area contributed by atoms with Gasteiger partial charge in [0, 0.05) is 46.1 Å². The maximum Gasteiger partial charge on any atom is 0.292 e. The lowest BCUT2D eigenvalue weighted by molar-refractivity contribution is -0.384. The SMILES string of the molecule is O=CC(Cc1c[nH]c2ccccc12)Nc1ccc(-c2ccc(C(=O)Nc3cc(-c4cccs4)ccc3[N+](=O)[O-])cc2)cc1[N+](=O)[O-]. The second-order valence-corrected chi connectivity index (χ2v) is 11.4. The highest BCUT2D eigenvalue weighted by molar-refractivity contribution is 7.13. The number of para-hydroxylation sites is 1. The van der Waals surface area contributed by atoms with Crippen LogP contribution in [0.1, 0.15) is 15.9 Å². The molecule has 0 bridgehead atoms. The Morgan fingerprint density at radius 3 is 2.28 bits per heavy atom. The van der Waals surface area contributed by atoms with Crippen LogP contribution in [-0.4, -0.2) is 33.1 Å². The van der Waals surface area contributed by atoms with Crippen molar-refractivity contribution in [2.75, 3.05) is 10.6 Å². The second kappa shape index (κ2) is 12.8. The number of fused-ring (bicyclic) bond motifs is 1. The lowest BCUT2D eigenvalue weighted by atomic mass is 10.0. The van der Waals surface area contributed by atoms with Gasteiger partial charge in [0.1, 0.15) is 17.7 Å². The summed E-state index contributed by atoms with van der Waals surface area (Å²) in [7, 11) is 0. The fraction of sp³-hybridized carbons (Fsp3) is 0.0588. The number of nitro groups is 2. The van der Waals surface area contributed by atoms with E-state index in [1.54, 1.807) is 48.5 Å². The highest BCUT2D eigenvalue weighted by Crippen LogP contribution is 2.34. The normalized spacial score (nSPS) is 11.6. The number of anilines is 2. The number of rotatable bonds is 11. The minimum Gasteiger partial charge on any atom is -0.370 e. The monoisotopic (exact) mass is 631 g/mol. The molecule has 2 heterocycles. The molecule has 6 aromatic rings. The second-order valence-electron chi connectivity index (χ2n) is 10.4. The van der Waals surface area contributed by atoms with E-state index in [0.29, 0.717) is 17.5 Å². The van der Waals surface area contributed by atoms with Crippen molar-refractivity contribution in [2.45, 2.75) is 12.5 Å². The first-order valence-corrected chi connectivity index (χ1v) is 15.0. The van der Waals surface area contributed by atoms with Crippen LogP contribution < -0.4 is 10.6 Å². The lowest BCUT2D eigenvalue weighted by Crippen LogP contribution is -2.24. The minimum absolute atomic E-state index is 0.0713. The number of hydrogen-bond acceptors (Lipinski definition) is 8. The number of aromatic amines is 1. The summed E-state index contributed by atoms with van der Waals surface area (Å²) in [5, 5.41) is 32.2. The zero-order valence-corrected chi connectivity index (χ0v) is 24.8. The Labute approximate surface area is 265 Å². The van der Waals surface area contributed by atoms with E-state index >= 15 is 0 Å². The third-order valence-corrected chi connectivity index (χ3v) is 8.46. The number of aromatic nitrogens is 1. The number of nitro benzene ring substituents is 2. The molecule has 1 amide bonds. The average molecular weight is 632 g/mol. The first-order chi connectivity index (χ1) is 22.3. The van der Waals surface area contributed by atoms with Gasteiger partial charge in [-0.15, -0.1) is 11.3 Å². The van der Waals surface area contributed by atoms with Crippen molar-refractivity contribution in [1.82, 2.24) is 4.98 Å². The fourth-order valence-corrected chi connectivity index (χ4v) is 5.98. The number of nitrogens with zero attached hydrogens (tertiary/aromatic N) is 2. The smallest absolute Gasteiger partial charge is 0.292 e. The molecule has 0 aliphatic heterocycles. The zero-order valence-electron chi connectivity index (χ0n) is 24.0. The quantitative estimate of drug-likeness (QED) is 0.0745. The maximum atomic E-state index is 13.1. The van der Waals surface area contributed by atoms with Gasteiger partial charge in [-0.25, -0.2) is 0 Å². The molecule has 11 nitrogen and oxygen atoms in total. The van der Waals surface area contributed by atoms with Gasteiger partial charge in [0.05, 0.1) is 15.9 Å². The molecule has 228 valence electrons. The van der Waals surface area contributed by atoms with Gasteiger partial charge in [-0.05, 0) is 70.1 Å². The van der Waals surface area contributed by atoms with E-state index in [4.69, 9.17) is 0 Å². The molecule has 4 aromatic carbocycles. The van der Waals surface area contributed by atoms with Crippen molar-refractivity contribution in [1.29, 1.82) is 0 Å². The van der Waals surface area contributed by atoms with E-state index in [0.717, 1.165) is 33.2 Å². The van der Waals surface area contributed by atoms with Crippen LogP contribution in [-0.2, 0) is 11.2 Å². The predicted octanol–water partition coefficient (Wildman–Crippen LogP) is 7.85. The Morgan fingerprint density at radius 1 is 0.826 bits per heavy atom. The van der Waals surface area contributed by atoms with Gasteiger partial charge in [-0.2, -0.15) is 0 Å². The van der Waals surface area contributed by atoms with Crippen LogP contribution in [0.2, 0.25) is 0 Å². The summed E-state index contributed by atoms with van der Waals surface area (Å²) in [6.45, 7) is 0. The van der Waals surface area contributed by atoms with Crippen LogP contribution in [0.15, 0.2) is 109 Å². The number of H-pyrrole nitrogens is 1. The molecule has 1 unspecified atom stereocenters. The molecule has 12 heteroatoms. The number of amides is 1. The van der Waals surface area contributed by atoms with Crippen LogP contribution >= 0.6 is 11.3 Å². The summed E-state index contributed by atoms with van der Waals surface area (Å²) in [4.78, 5) is 51.7. The summed E-state index contributed by atoms with van der Waals surface area (Å²) in [5.74, 6) is -0.543. The molecule has 3 N–H and O–H groups in total. The number of nitrogens with one attached hydrogen (secondary N) is 3. The molecule has 0 aliphatic rings. The number of benzene rings is 4. The molecule has 6 rings (SSSR count). The van der Waals surface area contributed by atoms with E-state index in [9.17, 15) is 29.8 Å². The predicted molar refractivity (Wildman–Crippen MR) is 178 cm³/mol. The Balaban J connectivity index is 1.20. The van der Waals surface area contributed by atoms with Crippen molar-refractivity contribution in [3.05, 3.63) is 140 Å². The number of carbonyl (C=O) groups is 2. The van der Waals surface area contributed by atoms with Gasteiger partial charge < -0.3 is 20.4 Å². The minimum atomic E-state index is -0.705. The van der Waals surface area contributed by atoms with Gasteiger partial charge >= 0.3 is 0 Å². The van der Waals surface area contributed by atoms with E-state index < -0.39 is 21.8 Å². The standard InChI is InChI=1S/C34H25N5O6S/c40-20-26(16-25-19-35-28-5-2-1-4-27(25)28)36-29-13-11-23(18-32(29)39(44)45)21-7-9-22(10-8-21)34(41)37-30-17-24(33-6-3-15-46-33)12-14-31(30)38(42)43/h1-15,17-20,26,35-36H,16H2,(H,37,41). The largest absolute Gasteiger partial charge is 0.370 e. The first-order valence-electron chi connectivity index (χ1n) is 14.1. The number of hydrogen-bond donors (Lipinski definition) is 3. The topological polar surface area (TPSA) is 160 Å². The Morgan fingerprint density at radius 2 is 1.57 bits per heavy atom. The third kappa shape index (κ3) is 6.23. The molecule has 0 saturated carbocycles. The van der Waals surface area contributed by atoms with E-state index in [-0.39, 0.29) is 28.3 Å². The van der Waals surface area contributed by atoms with E-state index in [2.05, 4.69) is 15.6 Å². The maximum absolute atomic E-state index is 13.1. The van der Waals surface area contributed by atoms with Crippen LogP contribution in [0.5, 0.6) is 0 Å². The summed E-state index contributed by atoms with van der Waals surface area (Å²) in [6, 6.07) is 26.3. The molecular weight excluding hydrogens is 606 g/mol. The van der Waals surface area contributed by atoms with Crippen LogP contribution in [0, 0.1) is 20.2 Å². The Bertz CT molecular complexity index is 2090. The lowest BCUT2D eigenvalue weighted by Gasteiger charge is -2.15. The van der Waals surface area contributed by atoms with Gasteiger partial charge in [-0.3, -0.25) is 25.0 Å². The third-order valence-electron chi connectivity index (χ3n) is 7.54. The molecule has 1 atom stereocenters. The van der Waals surface area contributed by atoms with Gasteiger partial charge in [0.25, 0.3) is 17.3 Å². The van der Waals surface area contributed by atoms with Crippen LogP contribution in [0.3, 0.4) is 0 Å². The van der Waals surface area contributed by atoms with Crippen molar-refractivity contribution in [2.24, 2.45) is 0 Å². The summed E-state index contributed by atoms with van der Waals surface area (Å²) >= 11 is 1.48. The van der Waals surface area contributed by atoms with Crippen molar-refractivity contribution >= 4 is 57.2 Å². The average Bonchev–Trinajstić information content (AvgIpc) is 3.75. The molecule has 0 saturated heterocycles. The van der Waals surface area contributed by atoms with E-state index in [1.807, 2.05) is 48.0 Å². The summed E-state index contributed by atoms with van der Waals surface area (Å²) < 4.78 is 0. The molecule has 0 fully saturated rings. The molecule has 0 radical (unpaired) electrons. The van der Waals surface area contributed by atoms with E-state index in [1.165, 1.54) is 23.5 Å². The number of thiophene rings is 1. The number of aldehydes is 1. The Hall–Kier alpha value is -6.14. The number of carbonyl (C=O) groups excluding carboxylic acids is 2. The van der Waals surface area contributed by atoms with Gasteiger partial charge in [0.15, 0.2) is 0 Å². The first kappa shape index (κ1) is 29.9. The highest BCUT2D eigenvalue weighted by atomic mass is 32.1. The van der Waals surface area contributed by atoms with Crippen molar-refractivity contribution in [3.8, 4) is 21.6 Å². The van der Waals surface area contributed by atoms with Crippen LogP contribution in [0.25, 0.3) is 32.5 Å². The summed E-state index contributed by atoms with van der Waals surface area (Å²) in [5.41, 5.74) is 3.81.